The van der Waals surface area contributed by atoms with Crippen LogP contribution >= 0.6 is 11.6 Å². The molecule has 180 valence electrons. The van der Waals surface area contributed by atoms with Crippen molar-refractivity contribution < 1.29 is 19.0 Å². The fourth-order valence-corrected chi connectivity index (χ4v) is 3.54. The second-order valence-electron chi connectivity index (χ2n) is 7.80. The maximum absolute atomic E-state index is 12.3. The van der Waals surface area contributed by atoms with E-state index in [1.807, 2.05) is 56.3 Å². The SMILES string of the molecule is CCOc1cc(CNCCc2ccc(OC)cc2)c(Cl)cc1OCC(=O)Nc1ccc(C)cc1. The number of rotatable bonds is 12. The first-order chi connectivity index (χ1) is 16.5. The van der Waals surface area contributed by atoms with Gasteiger partial charge in [0.2, 0.25) is 0 Å². The maximum atomic E-state index is 12.3. The van der Waals surface area contributed by atoms with E-state index >= 15 is 0 Å². The minimum Gasteiger partial charge on any atom is -0.497 e. The summed E-state index contributed by atoms with van der Waals surface area (Å²) in [5.41, 5.74) is 3.97. The maximum Gasteiger partial charge on any atom is 0.262 e. The van der Waals surface area contributed by atoms with E-state index in [1.54, 1.807) is 13.2 Å². The van der Waals surface area contributed by atoms with Crippen molar-refractivity contribution in [1.29, 1.82) is 0 Å². The number of hydrogen-bond donors (Lipinski definition) is 2. The van der Waals surface area contributed by atoms with Crippen molar-refractivity contribution in [2.75, 3.05) is 32.2 Å². The van der Waals surface area contributed by atoms with Crippen LogP contribution in [-0.4, -0.2) is 32.8 Å². The van der Waals surface area contributed by atoms with Crippen molar-refractivity contribution in [3.05, 3.63) is 82.4 Å². The summed E-state index contributed by atoms with van der Waals surface area (Å²) < 4.78 is 16.7. The highest BCUT2D eigenvalue weighted by molar-refractivity contribution is 6.31. The minimum atomic E-state index is -0.258. The first kappa shape index (κ1) is 25.4. The molecule has 0 saturated heterocycles. The van der Waals surface area contributed by atoms with Crippen LogP contribution < -0.4 is 24.8 Å². The van der Waals surface area contributed by atoms with Gasteiger partial charge >= 0.3 is 0 Å². The van der Waals surface area contributed by atoms with Crippen molar-refractivity contribution in [3.8, 4) is 17.2 Å². The van der Waals surface area contributed by atoms with Crippen LogP contribution in [0.15, 0.2) is 60.7 Å². The molecule has 7 heteroatoms. The molecule has 3 aromatic rings. The second-order valence-corrected chi connectivity index (χ2v) is 8.21. The van der Waals surface area contributed by atoms with Crippen LogP contribution in [0.4, 0.5) is 5.69 Å². The Hall–Kier alpha value is -3.22. The second kappa shape index (κ2) is 12.9. The van der Waals surface area contributed by atoms with E-state index in [9.17, 15) is 4.79 Å². The molecule has 0 heterocycles. The summed E-state index contributed by atoms with van der Waals surface area (Å²) in [5, 5.41) is 6.78. The number of halogens is 1. The minimum absolute atomic E-state index is 0.149. The van der Waals surface area contributed by atoms with Crippen LogP contribution in [0.1, 0.15) is 23.6 Å². The van der Waals surface area contributed by atoms with E-state index in [-0.39, 0.29) is 12.5 Å². The van der Waals surface area contributed by atoms with Gasteiger partial charge in [-0.15, -0.1) is 0 Å². The third kappa shape index (κ3) is 7.68. The highest BCUT2D eigenvalue weighted by Gasteiger charge is 2.13. The van der Waals surface area contributed by atoms with Gasteiger partial charge in [0.05, 0.1) is 13.7 Å². The van der Waals surface area contributed by atoms with Gasteiger partial charge in [0.25, 0.3) is 5.91 Å². The highest BCUT2D eigenvalue weighted by Crippen LogP contribution is 2.33. The molecule has 3 rings (SSSR count). The smallest absolute Gasteiger partial charge is 0.262 e. The molecule has 3 aromatic carbocycles. The monoisotopic (exact) mass is 482 g/mol. The quantitative estimate of drug-likeness (QED) is 0.338. The molecule has 2 N–H and O–H groups in total. The molecule has 0 unspecified atom stereocenters. The summed E-state index contributed by atoms with van der Waals surface area (Å²) in [4.78, 5) is 12.3. The van der Waals surface area contributed by atoms with Gasteiger partial charge in [0.1, 0.15) is 5.75 Å². The number of methoxy groups -OCH3 is 1. The Morgan fingerprint density at radius 1 is 0.971 bits per heavy atom. The van der Waals surface area contributed by atoms with Gasteiger partial charge in [0.15, 0.2) is 18.1 Å². The van der Waals surface area contributed by atoms with Gasteiger partial charge in [-0.3, -0.25) is 4.79 Å². The predicted octanol–water partition coefficient (Wildman–Crippen LogP) is 5.41. The standard InChI is InChI=1S/C27H31ClN2O4/c1-4-33-25-15-21(17-29-14-13-20-7-11-23(32-3)12-8-20)24(28)16-26(25)34-18-27(31)30-22-9-5-19(2)6-10-22/h5-12,15-16,29H,4,13-14,17-18H2,1-3H3,(H,30,31). The summed E-state index contributed by atoms with van der Waals surface area (Å²) in [6, 6.07) is 19.2. The Morgan fingerprint density at radius 2 is 1.68 bits per heavy atom. The predicted molar refractivity (Wildman–Crippen MR) is 136 cm³/mol. The Balaban J connectivity index is 1.54. The molecule has 0 atom stereocenters. The molecular formula is C27H31ClN2O4. The zero-order valence-corrected chi connectivity index (χ0v) is 20.6. The zero-order chi connectivity index (χ0) is 24.3. The molecular weight excluding hydrogens is 452 g/mol. The van der Waals surface area contributed by atoms with Crippen molar-refractivity contribution in [1.82, 2.24) is 5.32 Å². The van der Waals surface area contributed by atoms with E-state index in [2.05, 4.69) is 22.8 Å². The van der Waals surface area contributed by atoms with Gasteiger partial charge in [-0.2, -0.15) is 0 Å². The van der Waals surface area contributed by atoms with Crippen molar-refractivity contribution in [2.45, 2.75) is 26.8 Å². The van der Waals surface area contributed by atoms with E-state index in [0.29, 0.717) is 29.7 Å². The molecule has 0 saturated carbocycles. The van der Waals surface area contributed by atoms with E-state index in [4.69, 9.17) is 25.8 Å². The fraction of sp³-hybridized carbons (Fsp3) is 0.296. The lowest BCUT2D eigenvalue weighted by Crippen LogP contribution is -2.20. The number of carbonyl (C=O) groups excluding carboxylic acids is 1. The molecule has 0 radical (unpaired) electrons. The first-order valence-corrected chi connectivity index (χ1v) is 11.6. The molecule has 6 nitrogen and oxygen atoms in total. The van der Waals surface area contributed by atoms with Crippen LogP contribution in [0.2, 0.25) is 5.02 Å². The molecule has 0 bridgehead atoms. The van der Waals surface area contributed by atoms with Gasteiger partial charge in [-0.25, -0.2) is 0 Å². The zero-order valence-electron chi connectivity index (χ0n) is 19.8. The van der Waals surface area contributed by atoms with E-state index in [0.717, 1.165) is 35.5 Å². The number of anilines is 1. The molecule has 0 spiro atoms. The summed E-state index contributed by atoms with van der Waals surface area (Å²) in [5.74, 6) is 1.59. The molecule has 0 aromatic heterocycles. The summed E-state index contributed by atoms with van der Waals surface area (Å²) in [6.45, 7) is 5.60. The van der Waals surface area contributed by atoms with E-state index in [1.165, 1.54) is 5.56 Å². The number of hydrogen-bond acceptors (Lipinski definition) is 5. The highest BCUT2D eigenvalue weighted by atomic mass is 35.5. The fourth-order valence-electron chi connectivity index (χ4n) is 3.32. The summed E-state index contributed by atoms with van der Waals surface area (Å²) in [6.07, 6.45) is 0.886. The Labute approximate surface area is 206 Å². The lowest BCUT2D eigenvalue weighted by atomic mass is 10.1. The average molecular weight is 483 g/mol. The Morgan fingerprint density at radius 3 is 2.35 bits per heavy atom. The number of amides is 1. The third-order valence-electron chi connectivity index (χ3n) is 5.17. The summed E-state index contributed by atoms with van der Waals surface area (Å²) in [7, 11) is 1.66. The average Bonchev–Trinajstić information content (AvgIpc) is 2.84. The van der Waals surface area contributed by atoms with Gasteiger partial charge < -0.3 is 24.8 Å². The number of carbonyl (C=O) groups is 1. The van der Waals surface area contributed by atoms with Crippen LogP contribution in [0.3, 0.4) is 0 Å². The molecule has 0 aliphatic rings. The van der Waals surface area contributed by atoms with Gasteiger partial charge in [-0.1, -0.05) is 41.4 Å². The molecule has 0 aliphatic heterocycles. The lowest BCUT2D eigenvalue weighted by molar-refractivity contribution is -0.118. The third-order valence-corrected chi connectivity index (χ3v) is 5.52. The van der Waals surface area contributed by atoms with E-state index < -0.39 is 0 Å². The topological polar surface area (TPSA) is 68.8 Å². The van der Waals surface area contributed by atoms with Crippen LogP contribution in [0.5, 0.6) is 17.2 Å². The van der Waals surface area contributed by atoms with Crippen molar-refractivity contribution in [3.63, 3.8) is 0 Å². The molecule has 0 aliphatic carbocycles. The van der Waals surface area contributed by atoms with Crippen molar-refractivity contribution in [2.24, 2.45) is 0 Å². The Bertz CT molecular complexity index is 1070. The largest absolute Gasteiger partial charge is 0.497 e. The van der Waals surface area contributed by atoms with Gasteiger partial charge in [-0.05, 0) is 68.3 Å². The Kier molecular flexibility index (Phi) is 9.62. The molecule has 0 fully saturated rings. The molecule has 34 heavy (non-hydrogen) atoms. The number of ether oxygens (including phenoxy) is 3. The number of nitrogens with one attached hydrogen (secondary N) is 2. The van der Waals surface area contributed by atoms with Gasteiger partial charge in [0, 0.05) is 23.3 Å². The van der Waals surface area contributed by atoms with Crippen LogP contribution in [0.25, 0.3) is 0 Å². The lowest BCUT2D eigenvalue weighted by Gasteiger charge is -2.15. The summed E-state index contributed by atoms with van der Waals surface area (Å²) >= 11 is 6.50. The van der Waals surface area contributed by atoms with Crippen LogP contribution in [0, 0.1) is 6.92 Å². The number of aryl methyl sites for hydroxylation is 1. The van der Waals surface area contributed by atoms with Crippen LogP contribution in [-0.2, 0) is 17.8 Å². The van der Waals surface area contributed by atoms with Crippen molar-refractivity contribution >= 4 is 23.2 Å². The first-order valence-electron chi connectivity index (χ1n) is 11.3. The number of benzene rings is 3. The normalized spacial score (nSPS) is 10.6. The molecule has 1 amide bonds.